The largest absolute Gasteiger partial charge is 2.00 e. The van der Waals surface area contributed by atoms with E-state index in [4.69, 9.17) is 0 Å². The van der Waals surface area contributed by atoms with Crippen molar-refractivity contribution < 1.29 is 35.0 Å². The third-order valence-electron chi connectivity index (χ3n) is 1.74. The standard InChI is InChI=1S/C7H4F3O.C5H5.Fe/c8-7(9,10)6(11)5-3-1-2-4-5;1-2-4-5-3-1;/h1-4H;1-5H;/q2*-1;+2. The summed E-state index contributed by atoms with van der Waals surface area (Å²) < 4.78 is 35.0. The summed E-state index contributed by atoms with van der Waals surface area (Å²) in [5, 5.41) is 0. The first-order valence-electron chi connectivity index (χ1n) is 4.52. The van der Waals surface area contributed by atoms with Crippen molar-refractivity contribution in [3.05, 3.63) is 60.2 Å². The van der Waals surface area contributed by atoms with Crippen LogP contribution in [0.5, 0.6) is 0 Å². The Bertz CT molecular complexity index is 384. The average Bonchev–Trinajstić information content (AvgIpc) is 2.91. The topological polar surface area (TPSA) is 17.1 Å². The second-order valence-electron chi connectivity index (χ2n) is 2.96. The van der Waals surface area contributed by atoms with Gasteiger partial charge in [-0.3, -0.25) is 4.79 Å². The quantitative estimate of drug-likeness (QED) is 0.444. The molecule has 0 N–H and O–H groups in total. The molecule has 17 heavy (non-hydrogen) atoms. The molecule has 0 bridgehead atoms. The van der Waals surface area contributed by atoms with Crippen molar-refractivity contribution >= 4 is 5.78 Å². The van der Waals surface area contributed by atoms with Crippen molar-refractivity contribution in [2.75, 3.05) is 0 Å². The summed E-state index contributed by atoms with van der Waals surface area (Å²) in [4.78, 5) is 10.4. The van der Waals surface area contributed by atoms with Gasteiger partial charge in [-0.1, -0.05) is 5.56 Å². The first kappa shape index (κ1) is 15.7. The van der Waals surface area contributed by atoms with E-state index in [-0.39, 0.29) is 22.6 Å². The fourth-order valence-electron chi connectivity index (χ4n) is 1.01. The molecular weight excluding hydrogens is 273 g/mol. The summed E-state index contributed by atoms with van der Waals surface area (Å²) in [7, 11) is 0. The molecule has 0 aliphatic carbocycles. The Morgan fingerprint density at radius 3 is 1.76 bits per heavy atom. The molecule has 0 fully saturated rings. The van der Waals surface area contributed by atoms with Crippen molar-refractivity contribution in [2.45, 2.75) is 6.18 Å². The van der Waals surface area contributed by atoms with E-state index in [1.807, 2.05) is 30.3 Å². The van der Waals surface area contributed by atoms with Gasteiger partial charge in [0.2, 0.25) is 5.78 Å². The maximum Gasteiger partial charge on any atom is 2.00 e. The number of hydrogen-bond acceptors (Lipinski definition) is 1. The van der Waals surface area contributed by atoms with Gasteiger partial charge in [0.25, 0.3) is 0 Å². The zero-order chi connectivity index (χ0) is 12.0. The predicted octanol–water partition coefficient (Wildman–Crippen LogP) is 3.55. The minimum Gasteiger partial charge on any atom is -0.299 e. The summed E-state index contributed by atoms with van der Waals surface area (Å²) in [5.74, 6) is -1.79. The Hall–Kier alpha value is -1.32. The van der Waals surface area contributed by atoms with E-state index in [0.29, 0.717) is 0 Å². The van der Waals surface area contributed by atoms with Crippen LogP contribution < -0.4 is 0 Å². The molecule has 0 spiro atoms. The molecule has 5 heteroatoms. The summed E-state index contributed by atoms with van der Waals surface area (Å²) in [6.07, 6.45) is -4.76. The normalized spacial score (nSPS) is 9.82. The number of ketones is 1. The molecule has 0 saturated carbocycles. The van der Waals surface area contributed by atoms with E-state index in [0.717, 1.165) is 12.1 Å². The second kappa shape index (κ2) is 7.09. The Morgan fingerprint density at radius 2 is 1.47 bits per heavy atom. The van der Waals surface area contributed by atoms with Crippen molar-refractivity contribution in [3.63, 3.8) is 0 Å². The average molecular weight is 282 g/mol. The number of Topliss-reactive ketones (excluding diaryl/α,β-unsaturated/α-hetero) is 1. The minimum atomic E-state index is -4.76. The van der Waals surface area contributed by atoms with Gasteiger partial charge in [0.1, 0.15) is 0 Å². The molecule has 0 aliphatic rings. The molecule has 0 unspecified atom stereocenters. The van der Waals surface area contributed by atoms with E-state index in [1.165, 1.54) is 12.1 Å². The summed E-state index contributed by atoms with van der Waals surface area (Å²) in [5.41, 5.74) is -0.308. The van der Waals surface area contributed by atoms with Crippen LogP contribution in [0.15, 0.2) is 54.6 Å². The van der Waals surface area contributed by atoms with Gasteiger partial charge in [-0.15, -0.1) is 0 Å². The van der Waals surface area contributed by atoms with E-state index in [2.05, 4.69) is 0 Å². The number of carbonyl (C=O) groups excluding carboxylic acids is 1. The van der Waals surface area contributed by atoms with Crippen LogP contribution in [0.3, 0.4) is 0 Å². The van der Waals surface area contributed by atoms with Crippen molar-refractivity contribution in [2.24, 2.45) is 0 Å². The zero-order valence-corrected chi connectivity index (χ0v) is 9.70. The Balaban J connectivity index is 0.000000360. The molecule has 0 amide bonds. The monoisotopic (exact) mass is 282 g/mol. The molecule has 2 aromatic carbocycles. The van der Waals surface area contributed by atoms with Gasteiger partial charge in [0, 0.05) is 0 Å². The van der Waals surface area contributed by atoms with Crippen molar-refractivity contribution in [3.8, 4) is 0 Å². The second-order valence-corrected chi connectivity index (χ2v) is 2.96. The smallest absolute Gasteiger partial charge is 0.299 e. The van der Waals surface area contributed by atoms with Crippen LogP contribution >= 0.6 is 0 Å². The SMILES string of the molecule is O=C([c-]1cccc1)C(F)(F)F.[Fe+2].c1cc[cH-]c1. The molecular formula is C12H9F3FeO. The summed E-state index contributed by atoms with van der Waals surface area (Å²) in [6.45, 7) is 0. The summed E-state index contributed by atoms with van der Waals surface area (Å²) in [6, 6.07) is 15.0. The van der Waals surface area contributed by atoms with E-state index in [1.54, 1.807) is 0 Å². The Labute approximate surface area is 107 Å². The first-order chi connectivity index (χ1) is 7.52. The third-order valence-corrected chi connectivity index (χ3v) is 1.74. The number of carbonyl (C=O) groups is 1. The molecule has 2 rings (SSSR count). The van der Waals surface area contributed by atoms with Gasteiger partial charge in [-0.2, -0.15) is 43.5 Å². The summed E-state index contributed by atoms with van der Waals surface area (Å²) >= 11 is 0. The third kappa shape index (κ3) is 5.52. The van der Waals surface area contributed by atoms with Crippen LogP contribution in [0.25, 0.3) is 0 Å². The minimum absolute atomic E-state index is 0. The van der Waals surface area contributed by atoms with Crippen LogP contribution in [-0.4, -0.2) is 12.0 Å². The number of hydrogen-bond donors (Lipinski definition) is 0. The van der Waals surface area contributed by atoms with Crippen LogP contribution in [0.4, 0.5) is 13.2 Å². The van der Waals surface area contributed by atoms with Crippen LogP contribution in [0.2, 0.25) is 0 Å². The van der Waals surface area contributed by atoms with Gasteiger partial charge < -0.3 is 0 Å². The van der Waals surface area contributed by atoms with Gasteiger partial charge in [-0.05, 0) is 0 Å². The van der Waals surface area contributed by atoms with Gasteiger partial charge >= 0.3 is 23.2 Å². The van der Waals surface area contributed by atoms with Gasteiger partial charge in [0.05, 0.1) is 0 Å². The number of alkyl halides is 3. The Morgan fingerprint density at radius 1 is 1.00 bits per heavy atom. The number of rotatable bonds is 1. The fraction of sp³-hybridized carbons (Fsp3) is 0.0833. The van der Waals surface area contributed by atoms with E-state index < -0.39 is 12.0 Å². The van der Waals surface area contributed by atoms with Crippen LogP contribution in [0.1, 0.15) is 10.4 Å². The molecule has 0 saturated heterocycles. The molecule has 0 aliphatic heterocycles. The van der Waals surface area contributed by atoms with Gasteiger partial charge in [0.15, 0.2) is 0 Å². The zero-order valence-electron chi connectivity index (χ0n) is 8.59. The maximum absolute atomic E-state index is 11.7. The van der Waals surface area contributed by atoms with Crippen molar-refractivity contribution in [1.29, 1.82) is 0 Å². The molecule has 0 heterocycles. The number of halogens is 3. The van der Waals surface area contributed by atoms with Crippen LogP contribution in [-0.2, 0) is 17.1 Å². The Kier molecular flexibility index (Phi) is 6.54. The molecule has 2 aromatic rings. The molecule has 92 valence electrons. The molecule has 1 nitrogen and oxygen atoms in total. The van der Waals surface area contributed by atoms with E-state index >= 15 is 0 Å². The van der Waals surface area contributed by atoms with E-state index in [9.17, 15) is 18.0 Å². The van der Waals surface area contributed by atoms with Crippen LogP contribution in [0, 0.1) is 0 Å². The fourth-order valence-corrected chi connectivity index (χ4v) is 1.01. The molecule has 0 atom stereocenters. The predicted molar refractivity (Wildman–Crippen MR) is 54.5 cm³/mol. The van der Waals surface area contributed by atoms with Gasteiger partial charge in [-0.25, -0.2) is 24.3 Å². The first-order valence-corrected chi connectivity index (χ1v) is 4.52. The molecule has 0 radical (unpaired) electrons. The van der Waals surface area contributed by atoms with Crippen molar-refractivity contribution in [1.82, 2.24) is 0 Å². The maximum atomic E-state index is 11.7. The molecule has 0 aromatic heterocycles.